The Morgan fingerprint density at radius 1 is 0.773 bits per heavy atom. The van der Waals surface area contributed by atoms with E-state index in [2.05, 4.69) is 6.92 Å². The van der Waals surface area contributed by atoms with E-state index in [1.54, 1.807) is 0 Å². The third-order valence-electron chi connectivity index (χ3n) is 4.83. The second kappa shape index (κ2) is 14.1. The SMILES string of the molecule is CCCCCCCCCCCCCC(=O)OC1CCCCC1. The van der Waals surface area contributed by atoms with Gasteiger partial charge in [-0.05, 0) is 32.1 Å². The van der Waals surface area contributed by atoms with Gasteiger partial charge in [0.1, 0.15) is 6.10 Å². The van der Waals surface area contributed by atoms with Gasteiger partial charge < -0.3 is 4.74 Å². The molecule has 0 aromatic carbocycles. The fraction of sp³-hybridized carbons (Fsp3) is 0.950. The van der Waals surface area contributed by atoms with Crippen LogP contribution in [0.15, 0.2) is 0 Å². The first-order valence-electron chi connectivity index (χ1n) is 10.0. The number of hydrogen-bond acceptors (Lipinski definition) is 2. The standard InChI is InChI=1S/C20H38O2/c1-2-3-4-5-6-7-8-9-10-11-15-18-20(21)22-19-16-13-12-14-17-19/h19H,2-18H2,1H3. The predicted molar refractivity (Wildman–Crippen MR) is 94.0 cm³/mol. The van der Waals surface area contributed by atoms with Gasteiger partial charge in [0, 0.05) is 6.42 Å². The van der Waals surface area contributed by atoms with Crippen molar-refractivity contribution in [3.05, 3.63) is 0 Å². The number of unbranched alkanes of at least 4 members (excludes halogenated alkanes) is 10. The Labute approximate surface area is 138 Å². The van der Waals surface area contributed by atoms with Gasteiger partial charge in [-0.15, -0.1) is 0 Å². The Kier molecular flexibility index (Phi) is 12.5. The molecule has 0 heterocycles. The first-order valence-corrected chi connectivity index (χ1v) is 10.0. The molecular formula is C20H38O2. The molecule has 22 heavy (non-hydrogen) atoms. The minimum Gasteiger partial charge on any atom is -0.462 e. The lowest BCUT2D eigenvalue weighted by molar-refractivity contribution is -0.150. The first kappa shape index (κ1) is 19.5. The molecule has 0 radical (unpaired) electrons. The lowest BCUT2D eigenvalue weighted by atomic mass is 9.98. The van der Waals surface area contributed by atoms with Gasteiger partial charge >= 0.3 is 5.97 Å². The molecule has 2 heteroatoms. The van der Waals surface area contributed by atoms with E-state index in [1.807, 2.05) is 0 Å². The van der Waals surface area contributed by atoms with Crippen LogP contribution in [-0.2, 0) is 9.53 Å². The molecule has 0 unspecified atom stereocenters. The summed E-state index contributed by atoms with van der Waals surface area (Å²) < 4.78 is 5.54. The summed E-state index contributed by atoms with van der Waals surface area (Å²) in [6.07, 6.45) is 21.4. The molecule has 1 aliphatic carbocycles. The first-order chi connectivity index (χ1) is 10.8. The normalized spacial score (nSPS) is 15.9. The molecule has 0 amide bonds. The Morgan fingerprint density at radius 3 is 1.82 bits per heavy atom. The summed E-state index contributed by atoms with van der Waals surface area (Å²) in [6, 6.07) is 0. The second-order valence-electron chi connectivity index (χ2n) is 7.04. The molecular weight excluding hydrogens is 272 g/mol. The van der Waals surface area contributed by atoms with Crippen LogP contribution in [0.2, 0.25) is 0 Å². The van der Waals surface area contributed by atoms with Crippen molar-refractivity contribution in [1.82, 2.24) is 0 Å². The number of carbonyl (C=O) groups is 1. The van der Waals surface area contributed by atoms with Crippen molar-refractivity contribution in [2.45, 2.75) is 122 Å². The highest BCUT2D eigenvalue weighted by molar-refractivity contribution is 5.69. The van der Waals surface area contributed by atoms with E-state index < -0.39 is 0 Å². The fourth-order valence-corrected chi connectivity index (χ4v) is 3.36. The number of rotatable bonds is 13. The van der Waals surface area contributed by atoms with Crippen LogP contribution in [-0.4, -0.2) is 12.1 Å². The summed E-state index contributed by atoms with van der Waals surface area (Å²) >= 11 is 0. The third-order valence-corrected chi connectivity index (χ3v) is 4.83. The van der Waals surface area contributed by atoms with E-state index in [0.29, 0.717) is 6.42 Å². The van der Waals surface area contributed by atoms with Gasteiger partial charge in [-0.25, -0.2) is 0 Å². The molecule has 0 aromatic rings. The molecule has 0 saturated heterocycles. The summed E-state index contributed by atoms with van der Waals surface area (Å²) in [5.41, 5.74) is 0. The molecule has 1 saturated carbocycles. The van der Waals surface area contributed by atoms with Gasteiger partial charge in [0.05, 0.1) is 0 Å². The molecule has 0 spiro atoms. The van der Waals surface area contributed by atoms with Crippen molar-refractivity contribution < 1.29 is 9.53 Å². The zero-order chi connectivity index (χ0) is 15.9. The summed E-state index contributed by atoms with van der Waals surface area (Å²) in [4.78, 5) is 11.7. The summed E-state index contributed by atoms with van der Waals surface area (Å²) in [5.74, 6) is 0.0443. The number of hydrogen-bond donors (Lipinski definition) is 0. The lowest BCUT2D eigenvalue weighted by Gasteiger charge is -2.21. The van der Waals surface area contributed by atoms with Gasteiger partial charge in [0.15, 0.2) is 0 Å². The molecule has 1 rings (SSSR count). The van der Waals surface area contributed by atoms with Gasteiger partial charge in [-0.3, -0.25) is 4.79 Å². The topological polar surface area (TPSA) is 26.3 Å². The summed E-state index contributed by atoms with van der Waals surface area (Å²) in [5, 5.41) is 0. The smallest absolute Gasteiger partial charge is 0.306 e. The zero-order valence-electron chi connectivity index (χ0n) is 14.9. The second-order valence-corrected chi connectivity index (χ2v) is 7.04. The molecule has 0 aliphatic heterocycles. The minimum absolute atomic E-state index is 0.0443. The van der Waals surface area contributed by atoms with Gasteiger partial charge in [0.25, 0.3) is 0 Å². The summed E-state index contributed by atoms with van der Waals surface area (Å²) in [6.45, 7) is 2.27. The van der Waals surface area contributed by atoms with Crippen LogP contribution < -0.4 is 0 Å². The molecule has 0 atom stereocenters. The average Bonchev–Trinajstić information content (AvgIpc) is 2.53. The number of carbonyl (C=O) groups excluding carboxylic acids is 1. The Bertz CT molecular complexity index is 256. The fourth-order valence-electron chi connectivity index (χ4n) is 3.36. The highest BCUT2D eigenvalue weighted by atomic mass is 16.5. The van der Waals surface area contributed by atoms with Crippen LogP contribution in [0.3, 0.4) is 0 Å². The Hall–Kier alpha value is -0.530. The van der Waals surface area contributed by atoms with Crippen molar-refractivity contribution in [3.63, 3.8) is 0 Å². The lowest BCUT2D eigenvalue weighted by Crippen LogP contribution is -2.20. The van der Waals surface area contributed by atoms with Crippen LogP contribution in [0.4, 0.5) is 0 Å². The minimum atomic E-state index is 0.0443. The van der Waals surface area contributed by atoms with E-state index in [-0.39, 0.29) is 12.1 Å². The summed E-state index contributed by atoms with van der Waals surface area (Å²) in [7, 11) is 0. The van der Waals surface area contributed by atoms with Crippen LogP contribution in [0, 0.1) is 0 Å². The van der Waals surface area contributed by atoms with E-state index in [0.717, 1.165) is 19.3 Å². The Balaban J connectivity index is 1.79. The monoisotopic (exact) mass is 310 g/mol. The molecule has 2 nitrogen and oxygen atoms in total. The van der Waals surface area contributed by atoms with Gasteiger partial charge in [0.2, 0.25) is 0 Å². The molecule has 130 valence electrons. The maximum Gasteiger partial charge on any atom is 0.306 e. The maximum absolute atomic E-state index is 11.7. The van der Waals surface area contributed by atoms with Crippen LogP contribution >= 0.6 is 0 Å². The van der Waals surface area contributed by atoms with Crippen LogP contribution in [0.1, 0.15) is 116 Å². The molecule has 1 fully saturated rings. The largest absolute Gasteiger partial charge is 0.462 e. The van der Waals surface area contributed by atoms with E-state index in [1.165, 1.54) is 83.5 Å². The molecule has 0 aromatic heterocycles. The predicted octanol–water partition coefficient (Wildman–Crippen LogP) is 6.56. The van der Waals surface area contributed by atoms with Crippen LogP contribution in [0.5, 0.6) is 0 Å². The third kappa shape index (κ3) is 11.1. The average molecular weight is 311 g/mol. The maximum atomic E-state index is 11.7. The van der Waals surface area contributed by atoms with Crippen molar-refractivity contribution >= 4 is 5.97 Å². The van der Waals surface area contributed by atoms with Gasteiger partial charge in [-0.2, -0.15) is 0 Å². The molecule has 1 aliphatic rings. The molecule has 0 N–H and O–H groups in total. The van der Waals surface area contributed by atoms with Gasteiger partial charge in [-0.1, -0.05) is 77.6 Å². The van der Waals surface area contributed by atoms with Crippen molar-refractivity contribution in [3.8, 4) is 0 Å². The van der Waals surface area contributed by atoms with Crippen molar-refractivity contribution in [2.24, 2.45) is 0 Å². The number of esters is 1. The number of ether oxygens (including phenoxy) is 1. The quantitative estimate of drug-likeness (QED) is 0.284. The highest BCUT2D eigenvalue weighted by Crippen LogP contribution is 2.21. The van der Waals surface area contributed by atoms with Crippen molar-refractivity contribution in [1.29, 1.82) is 0 Å². The van der Waals surface area contributed by atoms with E-state index >= 15 is 0 Å². The highest BCUT2D eigenvalue weighted by Gasteiger charge is 2.17. The molecule has 0 bridgehead atoms. The zero-order valence-corrected chi connectivity index (χ0v) is 14.9. The van der Waals surface area contributed by atoms with Crippen molar-refractivity contribution in [2.75, 3.05) is 0 Å². The van der Waals surface area contributed by atoms with E-state index in [9.17, 15) is 4.79 Å². The van der Waals surface area contributed by atoms with Crippen LogP contribution in [0.25, 0.3) is 0 Å². The Morgan fingerprint density at radius 2 is 1.27 bits per heavy atom. The van der Waals surface area contributed by atoms with E-state index in [4.69, 9.17) is 4.74 Å².